The number of non-ortho nitro benzene ring substituents is 1. The predicted molar refractivity (Wildman–Crippen MR) is 59.6 cm³/mol. The largest absolute Gasteiger partial charge is 0.483 e. The smallest absolute Gasteiger partial charge is 0.269 e. The topological polar surface area (TPSA) is 68.0 Å². The lowest BCUT2D eigenvalue weighted by Crippen LogP contribution is -2.23. The first kappa shape index (κ1) is 10.4. The summed E-state index contributed by atoms with van der Waals surface area (Å²) in [6.45, 7) is 0. The molecule has 0 amide bonds. The van der Waals surface area contributed by atoms with Gasteiger partial charge in [-0.15, -0.1) is 5.10 Å². The number of nitrogens with zero attached hydrogens (tertiary/aromatic N) is 3. The van der Waals surface area contributed by atoms with Crippen molar-refractivity contribution in [2.24, 2.45) is 5.10 Å². The van der Waals surface area contributed by atoms with E-state index in [4.69, 9.17) is 4.74 Å². The molecule has 16 heavy (non-hydrogen) atoms. The minimum absolute atomic E-state index is 0.0875. The maximum Gasteiger partial charge on any atom is 0.269 e. The van der Waals surface area contributed by atoms with Gasteiger partial charge in [-0.2, -0.15) is 0 Å². The fourth-order valence-electron chi connectivity index (χ4n) is 1.68. The normalized spacial score (nSPS) is 14.1. The van der Waals surface area contributed by atoms with Crippen LogP contribution in [0.5, 0.6) is 0 Å². The van der Waals surface area contributed by atoms with Crippen LogP contribution in [-0.2, 0) is 11.2 Å². The maximum absolute atomic E-state index is 10.6. The zero-order valence-electron chi connectivity index (χ0n) is 9.01. The SMILES string of the molecule is COC1=NN(C)c2ccc([N+](=O)[O-])cc2C1. The average Bonchev–Trinajstić information content (AvgIpc) is 2.28. The minimum atomic E-state index is -0.404. The van der Waals surface area contributed by atoms with Gasteiger partial charge in [-0.05, 0) is 11.6 Å². The number of anilines is 1. The molecule has 0 radical (unpaired) electrons. The van der Waals surface area contributed by atoms with Gasteiger partial charge in [0.2, 0.25) is 5.90 Å². The molecule has 0 saturated heterocycles. The number of hydrogen-bond donors (Lipinski definition) is 0. The number of hydrogen-bond acceptors (Lipinski definition) is 5. The van der Waals surface area contributed by atoms with E-state index < -0.39 is 4.92 Å². The molecule has 1 aromatic rings. The Morgan fingerprint density at radius 2 is 2.31 bits per heavy atom. The van der Waals surface area contributed by atoms with Crippen molar-refractivity contribution in [3.05, 3.63) is 33.9 Å². The Labute approximate surface area is 92.3 Å². The quantitative estimate of drug-likeness (QED) is 0.533. The maximum atomic E-state index is 10.6. The first-order valence-electron chi connectivity index (χ1n) is 4.74. The summed E-state index contributed by atoms with van der Waals surface area (Å²) in [4.78, 5) is 10.2. The summed E-state index contributed by atoms with van der Waals surface area (Å²) in [5, 5.41) is 16.5. The van der Waals surface area contributed by atoms with E-state index in [1.807, 2.05) is 0 Å². The fraction of sp³-hybridized carbons (Fsp3) is 0.300. The second-order valence-electron chi connectivity index (χ2n) is 3.47. The lowest BCUT2D eigenvalue weighted by Gasteiger charge is -2.23. The predicted octanol–water partition coefficient (Wildman–Crippen LogP) is 1.55. The molecule has 0 fully saturated rings. The third-order valence-electron chi connectivity index (χ3n) is 2.46. The number of nitro groups is 1. The van der Waals surface area contributed by atoms with Crippen LogP contribution >= 0.6 is 0 Å². The summed E-state index contributed by atoms with van der Waals surface area (Å²) < 4.78 is 5.06. The Bertz CT molecular complexity index is 470. The van der Waals surface area contributed by atoms with Crippen molar-refractivity contribution in [2.75, 3.05) is 19.2 Å². The summed E-state index contributed by atoms with van der Waals surface area (Å²) in [5.41, 5.74) is 1.81. The van der Waals surface area contributed by atoms with Crippen molar-refractivity contribution in [3.8, 4) is 0 Å². The third-order valence-corrected chi connectivity index (χ3v) is 2.46. The Morgan fingerprint density at radius 1 is 1.56 bits per heavy atom. The lowest BCUT2D eigenvalue weighted by atomic mass is 10.1. The first-order valence-corrected chi connectivity index (χ1v) is 4.74. The Morgan fingerprint density at radius 3 is 2.94 bits per heavy atom. The molecule has 1 aliphatic rings. The number of ether oxygens (including phenoxy) is 1. The summed E-state index contributed by atoms with van der Waals surface area (Å²) in [6.07, 6.45) is 0.484. The van der Waals surface area contributed by atoms with Crippen LogP contribution in [0.3, 0.4) is 0 Å². The van der Waals surface area contributed by atoms with Crippen LogP contribution in [0.4, 0.5) is 11.4 Å². The van der Waals surface area contributed by atoms with Gasteiger partial charge in [0.05, 0.1) is 24.1 Å². The van der Waals surface area contributed by atoms with Crippen molar-refractivity contribution >= 4 is 17.3 Å². The monoisotopic (exact) mass is 221 g/mol. The van der Waals surface area contributed by atoms with E-state index in [2.05, 4.69) is 5.10 Å². The molecular formula is C10H11N3O3. The molecule has 0 bridgehead atoms. The second kappa shape index (κ2) is 3.80. The van der Waals surface area contributed by atoms with Gasteiger partial charge in [-0.25, -0.2) is 0 Å². The van der Waals surface area contributed by atoms with Gasteiger partial charge >= 0.3 is 0 Å². The first-order chi connectivity index (χ1) is 7.61. The highest BCUT2D eigenvalue weighted by Gasteiger charge is 2.19. The van der Waals surface area contributed by atoms with Crippen LogP contribution in [0.2, 0.25) is 0 Å². The highest BCUT2D eigenvalue weighted by molar-refractivity contribution is 5.84. The van der Waals surface area contributed by atoms with Crippen LogP contribution in [0.15, 0.2) is 23.3 Å². The van der Waals surface area contributed by atoms with Crippen LogP contribution in [-0.4, -0.2) is 25.0 Å². The van der Waals surface area contributed by atoms with Crippen LogP contribution in [0, 0.1) is 10.1 Å². The fourth-order valence-corrected chi connectivity index (χ4v) is 1.68. The van der Waals surface area contributed by atoms with E-state index in [0.717, 1.165) is 11.3 Å². The number of benzene rings is 1. The molecule has 0 spiro atoms. The molecule has 1 heterocycles. The summed E-state index contributed by atoms with van der Waals surface area (Å²) >= 11 is 0. The van der Waals surface area contributed by atoms with Gasteiger partial charge in [0, 0.05) is 19.2 Å². The molecule has 0 saturated carbocycles. The van der Waals surface area contributed by atoms with Crippen molar-refractivity contribution in [1.29, 1.82) is 0 Å². The van der Waals surface area contributed by atoms with Gasteiger partial charge in [-0.3, -0.25) is 15.1 Å². The molecule has 0 atom stereocenters. The molecule has 1 aromatic carbocycles. The zero-order valence-corrected chi connectivity index (χ0v) is 9.01. The second-order valence-corrected chi connectivity index (χ2v) is 3.47. The van der Waals surface area contributed by atoms with Crippen molar-refractivity contribution in [2.45, 2.75) is 6.42 Å². The van der Waals surface area contributed by atoms with Gasteiger partial charge in [0.25, 0.3) is 5.69 Å². The van der Waals surface area contributed by atoms with E-state index >= 15 is 0 Å². The zero-order chi connectivity index (χ0) is 11.7. The third kappa shape index (κ3) is 1.69. The average molecular weight is 221 g/mol. The van der Waals surface area contributed by atoms with Crippen LogP contribution in [0.1, 0.15) is 5.56 Å². The van der Waals surface area contributed by atoms with Crippen LogP contribution in [0.25, 0.3) is 0 Å². The molecule has 84 valence electrons. The Hall–Kier alpha value is -2.11. The lowest BCUT2D eigenvalue weighted by molar-refractivity contribution is -0.384. The minimum Gasteiger partial charge on any atom is -0.483 e. The molecule has 2 rings (SSSR count). The highest BCUT2D eigenvalue weighted by atomic mass is 16.6. The molecule has 0 unspecified atom stereocenters. The van der Waals surface area contributed by atoms with Crippen molar-refractivity contribution in [3.63, 3.8) is 0 Å². The number of hydrazone groups is 1. The van der Waals surface area contributed by atoms with Gasteiger partial charge in [0.15, 0.2) is 0 Å². The van der Waals surface area contributed by atoms with E-state index in [1.54, 1.807) is 24.2 Å². The van der Waals surface area contributed by atoms with E-state index in [0.29, 0.717) is 12.3 Å². The van der Waals surface area contributed by atoms with E-state index in [-0.39, 0.29) is 5.69 Å². The number of nitro benzene ring substituents is 1. The standard InChI is InChI=1S/C10H11N3O3/c1-12-9-4-3-8(13(14)15)5-7(9)6-10(11-12)16-2/h3-5H,6H2,1-2H3. The highest BCUT2D eigenvalue weighted by Crippen LogP contribution is 2.28. The number of methoxy groups -OCH3 is 1. The molecule has 6 heteroatoms. The van der Waals surface area contributed by atoms with Crippen LogP contribution < -0.4 is 5.01 Å². The van der Waals surface area contributed by atoms with Gasteiger partial charge in [-0.1, -0.05) is 0 Å². The summed E-state index contributed by atoms with van der Waals surface area (Å²) in [7, 11) is 3.32. The molecule has 0 aromatic heterocycles. The number of fused-ring (bicyclic) bond motifs is 1. The molecular weight excluding hydrogens is 210 g/mol. The molecule has 0 N–H and O–H groups in total. The van der Waals surface area contributed by atoms with Crippen molar-refractivity contribution < 1.29 is 9.66 Å². The summed E-state index contributed by atoms with van der Waals surface area (Å²) in [5.74, 6) is 0.551. The van der Waals surface area contributed by atoms with Crippen molar-refractivity contribution in [1.82, 2.24) is 0 Å². The molecule has 0 aliphatic carbocycles. The van der Waals surface area contributed by atoms with E-state index in [1.165, 1.54) is 13.2 Å². The van der Waals surface area contributed by atoms with Gasteiger partial charge < -0.3 is 4.74 Å². The van der Waals surface area contributed by atoms with E-state index in [9.17, 15) is 10.1 Å². The van der Waals surface area contributed by atoms with Gasteiger partial charge in [0.1, 0.15) is 0 Å². The molecule has 6 nitrogen and oxygen atoms in total. The Kier molecular flexibility index (Phi) is 2.47. The summed E-state index contributed by atoms with van der Waals surface area (Å²) in [6, 6.07) is 4.73. The Balaban J connectivity index is 2.43. The molecule has 1 aliphatic heterocycles. The number of rotatable bonds is 1.